The van der Waals surface area contributed by atoms with Crippen molar-refractivity contribution in [2.75, 3.05) is 25.5 Å². The first-order chi connectivity index (χ1) is 11.7. The van der Waals surface area contributed by atoms with Gasteiger partial charge in [-0.3, -0.25) is 0 Å². The molecule has 1 N–H and O–H groups in total. The van der Waals surface area contributed by atoms with Crippen LogP contribution in [0.1, 0.15) is 29.9 Å². The van der Waals surface area contributed by atoms with Crippen LogP contribution >= 0.6 is 12.2 Å². The summed E-state index contributed by atoms with van der Waals surface area (Å²) < 4.78 is 5.51. The molecule has 3 rings (SSSR count). The molecule has 3 nitrogen and oxygen atoms in total. The number of rotatable bonds is 3. The largest absolute Gasteiger partial charge is 0.496 e. The zero-order valence-electron chi connectivity index (χ0n) is 14.3. The van der Waals surface area contributed by atoms with Crippen LogP contribution in [-0.4, -0.2) is 30.2 Å². The summed E-state index contributed by atoms with van der Waals surface area (Å²) >= 11 is 5.59. The number of anilines is 1. The highest BCUT2D eigenvalue weighted by atomic mass is 32.1. The Morgan fingerprint density at radius 3 is 2.58 bits per heavy atom. The third-order valence-corrected chi connectivity index (χ3v) is 4.99. The minimum absolute atomic E-state index is 0.541. The molecule has 2 aromatic carbocycles. The van der Waals surface area contributed by atoms with Crippen molar-refractivity contribution in [3.8, 4) is 5.75 Å². The van der Waals surface area contributed by atoms with Crippen LogP contribution in [-0.2, 0) is 0 Å². The van der Waals surface area contributed by atoms with Crippen molar-refractivity contribution in [1.29, 1.82) is 0 Å². The molecule has 0 bridgehead atoms. The Kier molecular flexibility index (Phi) is 5.36. The maximum Gasteiger partial charge on any atom is 0.173 e. The third kappa shape index (κ3) is 3.88. The molecule has 1 saturated heterocycles. The number of ether oxygens (including phenoxy) is 1. The Morgan fingerprint density at radius 1 is 1.12 bits per heavy atom. The first-order valence-corrected chi connectivity index (χ1v) is 8.83. The van der Waals surface area contributed by atoms with Gasteiger partial charge < -0.3 is 15.0 Å². The Morgan fingerprint density at radius 2 is 1.88 bits per heavy atom. The number of nitrogens with one attached hydrogen (secondary N) is 1. The van der Waals surface area contributed by atoms with Gasteiger partial charge in [0.1, 0.15) is 5.75 Å². The number of hydrogen-bond donors (Lipinski definition) is 1. The summed E-state index contributed by atoms with van der Waals surface area (Å²) in [7, 11) is 1.74. The number of benzene rings is 2. The fourth-order valence-corrected chi connectivity index (χ4v) is 3.62. The molecule has 0 aromatic heterocycles. The monoisotopic (exact) mass is 340 g/mol. The molecule has 1 aliphatic rings. The van der Waals surface area contributed by atoms with E-state index in [1.165, 1.54) is 11.1 Å². The molecule has 0 radical (unpaired) electrons. The zero-order valence-corrected chi connectivity index (χ0v) is 15.1. The minimum atomic E-state index is 0.541. The van der Waals surface area contributed by atoms with Gasteiger partial charge >= 0.3 is 0 Å². The average molecular weight is 340 g/mol. The number of likely N-dealkylation sites (tertiary alicyclic amines) is 1. The van der Waals surface area contributed by atoms with Crippen LogP contribution in [0.3, 0.4) is 0 Å². The number of para-hydroxylation sites is 1. The molecular weight excluding hydrogens is 316 g/mol. The normalized spacial score (nSPS) is 15.2. The molecule has 2 aromatic rings. The zero-order chi connectivity index (χ0) is 16.9. The summed E-state index contributed by atoms with van der Waals surface area (Å²) in [6.07, 6.45) is 2.19. The lowest BCUT2D eigenvalue weighted by atomic mass is 9.89. The maximum atomic E-state index is 5.59. The van der Waals surface area contributed by atoms with Gasteiger partial charge in [-0.1, -0.05) is 30.3 Å². The van der Waals surface area contributed by atoms with Gasteiger partial charge in [0, 0.05) is 18.8 Å². The highest BCUT2D eigenvalue weighted by Gasteiger charge is 2.24. The number of piperidine rings is 1. The van der Waals surface area contributed by atoms with E-state index in [-0.39, 0.29) is 0 Å². The van der Waals surface area contributed by atoms with Gasteiger partial charge in [-0.15, -0.1) is 0 Å². The number of aryl methyl sites for hydroxylation is 1. The predicted molar refractivity (Wildman–Crippen MR) is 104 cm³/mol. The van der Waals surface area contributed by atoms with Crippen molar-refractivity contribution in [2.45, 2.75) is 25.7 Å². The van der Waals surface area contributed by atoms with E-state index in [9.17, 15) is 0 Å². The molecule has 1 aliphatic heterocycles. The molecule has 1 fully saturated rings. The number of hydrogen-bond acceptors (Lipinski definition) is 2. The summed E-state index contributed by atoms with van der Waals surface area (Å²) in [6.45, 7) is 4.04. The van der Waals surface area contributed by atoms with Crippen LogP contribution in [0.2, 0.25) is 0 Å². The Balaban J connectivity index is 1.59. The summed E-state index contributed by atoms with van der Waals surface area (Å²) in [4.78, 5) is 2.27. The Labute approximate surface area is 149 Å². The molecule has 0 spiro atoms. The molecule has 126 valence electrons. The molecule has 0 atom stereocenters. The lowest BCUT2D eigenvalue weighted by molar-refractivity contribution is 0.310. The van der Waals surface area contributed by atoms with E-state index in [4.69, 9.17) is 17.0 Å². The molecule has 0 aliphatic carbocycles. The van der Waals surface area contributed by atoms with Crippen LogP contribution in [0.5, 0.6) is 5.75 Å². The van der Waals surface area contributed by atoms with Crippen LogP contribution < -0.4 is 10.1 Å². The molecule has 4 heteroatoms. The van der Waals surface area contributed by atoms with Gasteiger partial charge in [-0.2, -0.15) is 0 Å². The van der Waals surface area contributed by atoms with E-state index < -0.39 is 0 Å². The van der Waals surface area contributed by atoms with E-state index in [2.05, 4.69) is 47.5 Å². The van der Waals surface area contributed by atoms with E-state index in [0.717, 1.165) is 42.5 Å². The summed E-state index contributed by atoms with van der Waals surface area (Å²) in [5.74, 6) is 1.54. The van der Waals surface area contributed by atoms with Crippen molar-refractivity contribution in [2.24, 2.45) is 0 Å². The Bertz CT molecular complexity index is 708. The van der Waals surface area contributed by atoms with Crippen molar-refractivity contribution in [3.05, 3.63) is 59.7 Å². The van der Waals surface area contributed by atoms with Crippen LogP contribution in [0.15, 0.2) is 48.5 Å². The smallest absolute Gasteiger partial charge is 0.173 e. The van der Waals surface area contributed by atoms with Gasteiger partial charge in [0.2, 0.25) is 0 Å². The van der Waals surface area contributed by atoms with Crippen molar-refractivity contribution in [1.82, 2.24) is 4.90 Å². The Hall–Kier alpha value is -2.07. The topological polar surface area (TPSA) is 24.5 Å². The second-order valence-electron chi connectivity index (χ2n) is 6.30. The third-order valence-electron chi connectivity index (χ3n) is 4.63. The standard InChI is InChI=1S/C20H24N2OS/c1-15-6-5-7-17(14-15)21-20(24)22-12-10-16(11-13-22)18-8-3-4-9-19(18)23-2/h3-9,14,16H,10-13H2,1-2H3,(H,21,24). The molecule has 24 heavy (non-hydrogen) atoms. The average Bonchev–Trinajstić information content (AvgIpc) is 2.62. The first-order valence-electron chi connectivity index (χ1n) is 8.43. The van der Waals surface area contributed by atoms with Crippen molar-refractivity contribution < 1.29 is 4.74 Å². The summed E-state index contributed by atoms with van der Waals surface area (Å²) in [5.41, 5.74) is 3.61. The molecule has 1 heterocycles. The first kappa shape index (κ1) is 16.8. The molecule has 0 amide bonds. The van der Waals surface area contributed by atoms with Gasteiger partial charge in [-0.25, -0.2) is 0 Å². The fraction of sp³-hybridized carbons (Fsp3) is 0.350. The van der Waals surface area contributed by atoms with Gasteiger partial charge in [0.05, 0.1) is 7.11 Å². The number of nitrogens with zero attached hydrogens (tertiary/aromatic N) is 1. The van der Waals surface area contributed by atoms with E-state index in [1.54, 1.807) is 7.11 Å². The maximum absolute atomic E-state index is 5.59. The SMILES string of the molecule is COc1ccccc1C1CCN(C(=S)Nc2cccc(C)c2)CC1. The predicted octanol–water partition coefficient (Wildman–Crippen LogP) is 4.58. The highest BCUT2D eigenvalue weighted by molar-refractivity contribution is 7.80. The quantitative estimate of drug-likeness (QED) is 0.827. The summed E-state index contributed by atoms with van der Waals surface area (Å²) in [5, 5.41) is 4.18. The van der Waals surface area contributed by atoms with Gasteiger partial charge in [0.15, 0.2) is 5.11 Å². The van der Waals surface area contributed by atoms with Gasteiger partial charge in [0.25, 0.3) is 0 Å². The van der Waals surface area contributed by atoms with Gasteiger partial charge in [-0.05, 0) is 67.2 Å². The number of thiocarbonyl (C=S) groups is 1. The fourth-order valence-electron chi connectivity index (χ4n) is 3.32. The molecular formula is C20H24N2OS. The molecule has 0 unspecified atom stereocenters. The van der Waals surface area contributed by atoms with Crippen LogP contribution in [0.4, 0.5) is 5.69 Å². The van der Waals surface area contributed by atoms with Crippen molar-refractivity contribution >= 4 is 23.0 Å². The molecule has 0 saturated carbocycles. The van der Waals surface area contributed by atoms with E-state index >= 15 is 0 Å². The minimum Gasteiger partial charge on any atom is -0.496 e. The van der Waals surface area contributed by atoms with Crippen LogP contribution in [0, 0.1) is 6.92 Å². The highest BCUT2D eigenvalue weighted by Crippen LogP contribution is 2.34. The lowest BCUT2D eigenvalue weighted by Crippen LogP contribution is -2.40. The second-order valence-corrected chi connectivity index (χ2v) is 6.69. The number of methoxy groups -OCH3 is 1. The van der Waals surface area contributed by atoms with E-state index in [0.29, 0.717) is 5.92 Å². The summed E-state index contributed by atoms with van der Waals surface area (Å²) in [6, 6.07) is 16.7. The van der Waals surface area contributed by atoms with Crippen molar-refractivity contribution in [3.63, 3.8) is 0 Å². The second kappa shape index (κ2) is 7.67. The van der Waals surface area contributed by atoms with Crippen LogP contribution in [0.25, 0.3) is 0 Å². The van der Waals surface area contributed by atoms with E-state index in [1.807, 2.05) is 18.2 Å². The lowest BCUT2D eigenvalue weighted by Gasteiger charge is -2.34.